The molecule has 0 aliphatic heterocycles. The first-order chi connectivity index (χ1) is 8.49. The Hall–Kier alpha value is -1.67. The lowest BCUT2D eigenvalue weighted by Gasteiger charge is -2.08. The maximum Gasteiger partial charge on any atom is 0.266 e. The standard InChI is InChI=1S/C10H9BrN4O2S/c11-7-5-8(10(12)14-6-7)18(16,17)15-9-3-1-2-4-13-9/h1-6H,(H2,12,14)(H,13,15). The number of hydrogen-bond donors (Lipinski definition) is 2. The predicted octanol–water partition coefficient (Wildman–Crippen LogP) is 1.62. The number of halogens is 1. The van der Waals surface area contributed by atoms with E-state index in [1.165, 1.54) is 18.5 Å². The molecule has 0 aliphatic rings. The number of nitrogens with zero attached hydrogens (tertiary/aromatic N) is 2. The molecule has 0 saturated heterocycles. The van der Waals surface area contributed by atoms with Crippen LogP contribution in [-0.2, 0) is 10.0 Å². The normalized spacial score (nSPS) is 11.2. The lowest BCUT2D eigenvalue weighted by atomic mass is 10.5. The zero-order valence-corrected chi connectivity index (χ0v) is 11.4. The Balaban J connectivity index is 2.40. The smallest absolute Gasteiger partial charge is 0.266 e. The SMILES string of the molecule is Nc1ncc(Br)cc1S(=O)(=O)Nc1ccccn1. The molecular weight excluding hydrogens is 320 g/mol. The summed E-state index contributed by atoms with van der Waals surface area (Å²) in [6, 6.07) is 6.28. The number of rotatable bonds is 3. The molecule has 94 valence electrons. The van der Waals surface area contributed by atoms with Crippen molar-refractivity contribution in [3.63, 3.8) is 0 Å². The number of sulfonamides is 1. The first-order valence-electron chi connectivity index (χ1n) is 4.84. The van der Waals surface area contributed by atoms with Crippen LogP contribution in [-0.4, -0.2) is 18.4 Å². The Kier molecular flexibility index (Phi) is 3.48. The molecule has 0 radical (unpaired) electrons. The average molecular weight is 329 g/mol. The van der Waals surface area contributed by atoms with Crippen molar-refractivity contribution in [1.82, 2.24) is 9.97 Å². The van der Waals surface area contributed by atoms with Crippen molar-refractivity contribution in [3.8, 4) is 0 Å². The summed E-state index contributed by atoms with van der Waals surface area (Å²) >= 11 is 3.15. The number of hydrogen-bond acceptors (Lipinski definition) is 5. The molecule has 8 heteroatoms. The minimum atomic E-state index is -3.80. The highest BCUT2D eigenvalue weighted by molar-refractivity contribution is 9.10. The van der Waals surface area contributed by atoms with Gasteiger partial charge >= 0.3 is 0 Å². The Morgan fingerprint density at radius 1 is 1.28 bits per heavy atom. The van der Waals surface area contributed by atoms with Crippen molar-refractivity contribution in [2.24, 2.45) is 0 Å². The molecule has 2 rings (SSSR count). The molecule has 0 aromatic carbocycles. The molecule has 0 bridgehead atoms. The molecule has 18 heavy (non-hydrogen) atoms. The minimum Gasteiger partial charge on any atom is -0.383 e. The van der Waals surface area contributed by atoms with Gasteiger partial charge in [0.15, 0.2) is 0 Å². The Morgan fingerprint density at radius 2 is 2.06 bits per heavy atom. The van der Waals surface area contributed by atoms with E-state index in [1.54, 1.807) is 18.2 Å². The molecule has 0 fully saturated rings. The summed E-state index contributed by atoms with van der Waals surface area (Å²) in [5, 5.41) is 0. The van der Waals surface area contributed by atoms with Crippen molar-refractivity contribution in [3.05, 3.63) is 41.1 Å². The van der Waals surface area contributed by atoms with Crippen molar-refractivity contribution in [2.45, 2.75) is 4.90 Å². The van der Waals surface area contributed by atoms with Gasteiger partial charge in [-0.25, -0.2) is 18.4 Å². The van der Waals surface area contributed by atoms with Gasteiger partial charge in [0.05, 0.1) is 0 Å². The van der Waals surface area contributed by atoms with Crippen LogP contribution in [0.15, 0.2) is 46.0 Å². The van der Waals surface area contributed by atoms with E-state index in [-0.39, 0.29) is 16.5 Å². The van der Waals surface area contributed by atoms with Crippen molar-refractivity contribution in [1.29, 1.82) is 0 Å². The number of nitrogens with one attached hydrogen (secondary N) is 1. The summed E-state index contributed by atoms with van der Waals surface area (Å²) in [6.07, 6.45) is 2.91. The van der Waals surface area contributed by atoms with Gasteiger partial charge in [-0.3, -0.25) is 4.72 Å². The summed E-state index contributed by atoms with van der Waals surface area (Å²) < 4.78 is 27.0. The molecule has 0 atom stereocenters. The van der Waals surface area contributed by atoms with E-state index in [0.29, 0.717) is 4.47 Å². The average Bonchev–Trinajstić information content (AvgIpc) is 2.33. The number of anilines is 2. The molecular formula is C10H9BrN4O2S. The summed E-state index contributed by atoms with van der Waals surface area (Å²) in [5.74, 6) is 0.151. The fourth-order valence-electron chi connectivity index (χ4n) is 1.26. The van der Waals surface area contributed by atoms with Gasteiger partial charge in [-0.15, -0.1) is 0 Å². The van der Waals surface area contributed by atoms with E-state index in [9.17, 15) is 8.42 Å². The molecule has 0 spiro atoms. The van der Waals surface area contributed by atoms with Crippen molar-refractivity contribution < 1.29 is 8.42 Å². The molecule has 3 N–H and O–H groups in total. The monoisotopic (exact) mass is 328 g/mol. The fourth-order valence-corrected chi connectivity index (χ4v) is 2.86. The van der Waals surface area contributed by atoms with Crippen LogP contribution < -0.4 is 10.5 Å². The fraction of sp³-hybridized carbons (Fsp3) is 0. The van der Waals surface area contributed by atoms with Crippen LogP contribution >= 0.6 is 15.9 Å². The topological polar surface area (TPSA) is 98.0 Å². The lowest BCUT2D eigenvalue weighted by molar-refractivity contribution is 0.601. The highest BCUT2D eigenvalue weighted by Gasteiger charge is 2.19. The van der Waals surface area contributed by atoms with Crippen LogP contribution in [0.5, 0.6) is 0 Å². The van der Waals surface area contributed by atoms with Gasteiger partial charge in [0.2, 0.25) is 0 Å². The maximum absolute atomic E-state index is 12.1. The van der Waals surface area contributed by atoms with Crippen LogP contribution in [0.25, 0.3) is 0 Å². The van der Waals surface area contributed by atoms with E-state index in [0.717, 1.165) is 0 Å². The minimum absolute atomic E-state index is 0.0679. The van der Waals surface area contributed by atoms with Gasteiger partial charge < -0.3 is 5.73 Å². The second kappa shape index (κ2) is 4.91. The summed E-state index contributed by atoms with van der Waals surface area (Å²) in [7, 11) is -3.80. The van der Waals surface area contributed by atoms with Gasteiger partial charge in [-0.2, -0.15) is 0 Å². The van der Waals surface area contributed by atoms with Crippen LogP contribution in [0, 0.1) is 0 Å². The second-order valence-corrected chi connectivity index (χ2v) is 5.92. The molecule has 0 aliphatic carbocycles. The third-order valence-electron chi connectivity index (χ3n) is 2.04. The highest BCUT2D eigenvalue weighted by atomic mass is 79.9. The number of pyridine rings is 2. The molecule has 6 nitrogen and oxygen atoms in total. The van der Waals surface area contributed by atoms with Gasteiger partial charge in [-0.1, -0.05) is 6.07 Å². The van der Waals surface area contributed by atoms with Crippen LogP contribution in [0.4, 0.5) is 11.6 Å². The van der Waals surface area contributed by atoms with Gasteiger partial charge in [0.25, 0.3) is 10.0 Å². The molecule has 0 amide bonds. The van der Waals surface area contributed by atoms with Gasteiger partial charge in [-0.05, 0) is 34.1 Å². The zero-order valence-electron chi connectivity index (χ0n) is 9.04. The maximum atomic E-state index is 12.1. The van der Waals surface area contributed by atoms with Gasteiger partial charge in [0, 0.05) is 16.9 Å². The van der Waals surface area contributed by atoms with E-state index in [2.05, 4.69) is 30.6 Å². The van der Waals surface area contributed by atoms with E-state index < -0.39 is 10.0 Å². The van der Waals surface area contributed by atoms with Crippen LogP contribution in [0.2, 0.25) is 0 Å². The first-order valence-corrected chi connectivity index (χ1v) is 7.11. The number of aromatic nitrogens is 2. The first kappa shape index (κ1) is 12.8. The molecule has 0 saturated carbocycles. The molecule has 2 heterocycles. The van der Waals surface area contributed by atoms with E-state index in [1.807, 2.05) is 0 Å². The predicted molar refractivity (Wildman–Crippen MR) is 71.4 cm³/mol. The Bertz CT molecular complexity index is 661. The van der Waals surface area contributed by atoms with E-state index >= 15 is 0 Å². The van der Waals surface area contributed by atoms with E-state index in [4.69, 9.17) is 5.73 Å². The second-order valence-electron chi connectivity index (χ2n) is 3.36. The number of nitrogens with two attached hydrogens (primary N) is 1. The molecule has 2 aromatic heterocycles. The summed E-state index contributed by atoms with van der Waals surface area (Å²) in [4.78, 5) is 7.56. The molecule has 0 unspecified atom stereocenters. The summed E-state index contributed by atoms with van der Waals surface area (Å²) in [5.41, 5.74) is 5.56. The molecule has 2 aromatic rings. The Morgan fingerprint density at radius 3 is 2.72 bits per heavy atom. The highest BCUT2D eigenvalue weighted by Crippen LogP contribution is 2.22. The quantitative estimate of drug-likeness (QED) is 0.892. The van der Waals surface area contributed by atoms with Gasteiger partial charge in [0.1, 0.15) is 16.5 Å². The zero-order chi connectivity index (χ0) is 13.2. The lowest BCUT2D eigenvalue weighted by Crippen LogP contribution is -2.16. The Labute approximate surface area is 112 Å². The third kappa shape index (κ3) is 2.77. The largest absolute Gasteiger partial charge is 0.383 e. The van der Waals surface area contributed by atoms with Crippen molar-refractivity contribution in [2.75, 3.05) is 10.5 Å². The van der Waals surface area contributed by atoms with Crippen LogP contribution in [0.3, 0.4) is 0 Å². The number of nitrogen functional groups attached to an aromatic ring is 1. The summed E-state index contributed by atoms with van der Waals surface area (Å²) in [6.45, 7) is 0. The van der Waals surface area contributed by atoms with Crippen molar-refractivity contribution >= 4 is 37.6 Å². The third-order valence-corrected chi connectivity index (χ3v) is 3.86. The van der Waals surface area contributed by atoms with Crippen LogP contribution in [0.1, 0.15) is 0 Å².